The van der Waals surface area contributed by atoms with Crippen LogP contribution in [0.4, 0.5) is 0 Å². The first-order valence-electron chi connectivity index (χ1n) is 4.75. The summed E-state index contributed by atoms with van der Waals surface area (Å²) in [7, 11) is 1.68. The molecule has 0 aliphatic heterocycles. The summed E-state index contributed by atoms with van der Waals surface area (Å²) in [6.45, 7) is 1.87. The minimum Gasteiger partial charge on any atom is -0.287 e. The third kappa shape index (κ3) is 1.84. The van der Waals surface area contributed by atoms with Crippen molar-refractivity contribution in [2.45, 2.75) is 6.92 Å². The Balaban J connectivity index is 2.49. The molecule has 0 amide bonds. The largest absolute Gasteiger partial charge is 0.287 e. The van der Waals surface area contributed by atoms with Gasteiger partial charge >= 0.3 is 0 Å². The van der Waals surface area contributed by atoms with Crippen LogP contribution in [-0.2, 0) is 7.05 Å². The number of hydrogen-bond donors (Lipinski definition) is 0. The van der Waals surface area contributed by atoms with Gasteiger partial charge in [0.25, 0.3) is 0 Å². The summed E-state index contributed by atoms with van der Waals surface area (Å²) in [6, 6.07) is 5.24. The molecule has 0 bridgehead atoms. The van der Waals surface area contributed by atoms with E-state index in [9.17, 15) is 4.79 Å². The van der Waals surface area contributed by atoms with Gasteiger partial charge in [-0.1, -0.05) is 22.9 Å². The molecule has 0 radical (unpaired) electrons. The van der Waals surface area contributed by atoms with Gasteiger partial charge in [0.2, 0.25) is 5.78 Å². The van der Waals surface area contributed by atoms with Crippen molar-refractivity contribution in [2.75, 3.05) is 0 Å². The molecule has 2 rings (SSSR count). The van der Waals surface area contributed by atoms with E-state index in [4.69, 9.17) is 11.6 Å². The number of carbonyl (C=O) groups is 1. The Labute approximate surface area is 97.8 Å². The van der Waals surface area contributed by atoms with Crippen LogP contribution in [0.2, 0.25) is 5.02 Å². The fraction of sp³-hybridized carbons (Fsp3) is 0.182. The number of hydrogen-bond acceptors (Lipinski definition) is 3. The number of aryl methyl sites for hydroxylation is 2. The monoisotopic (exact) mass is 235 g/mol. The number of nitrogens with zero attached hydrogens (tertiary/aromatic N) is 3. The summed E-state index contributed by atoms with van der Waals surface area (Å²) in [5.41, 5.74) is 1.92. The second kappa shape index (κ2) is 4.06. The Morgan fingerprint density at radius 3 is 2.81 bits per heavy atom. The highest BCUT2D eigenvalue weighted by atomic mass is 35.5. The standard InChI is InChI=1S/C11H10ClN3O/c1-7-3-4-8(12)5-9(7)11(16)10-6-13-14-15(10)2/h3-6H,1-2H3. The van der Waals surface area contributed by atoms with Crippen LogP contribution in [0, 0.1) is 6.92 Å². The first-order chi connectivity index (χ1) is 7.59. The first-order valence-corrected chi connectivity index (χ1v) is 5.13. The highest BCUT2D eigenvalue weighted by Gasteiger charge is 2.15. The molecule has 0 aliphatic carbocycles. The molecule has 0 saturated carbocycles. The Bertz CT molecular complexity index is 548. The molecule has 2 aromatic rings. The van der Waals surface area contributed by atoms with E-state index in [1.165, 1.54) is 10.9 Å². The minimum absolute atomic E-state index is 0.118. The van der Waals surface area contributed by atoms with Crippen molar-refractivity contribution >= 4 is 17.4 Å². The van der Waals surface area contributed by atoms with Gasteiger partial charge < -0.3 is 0 Å². The summed E-state index contributed by atoms with van der Waals surface area (Å²) in [5.74, 6) is -0.118. The quantitative estimate of drug-likeness (QED) is 0.748. The Hall–Kier alpha value is -1.68. The molecule has 0 N–H and O–H groups in total. The third-order valence-corrected chi connectivity index (χ3v) is 2.63. The van der Waals surface area contributed by atoms with Crippen LogP contribution in [0.3, 0.4) is 0 Å². The van der Waals surface area contributed by atoms with Crippen LogP contribution in [-0.4, -0.2) is 20.8 Å². The maximum Gasteiger partial charge on any atom is 0.212 e. The van der Waals surface area contributed by atoms with Gasteiger partial charge in [0.15, 0.2) is 0 Å². The zero-order chi connectivity index (χ0) is 11.7. The summed E-state index contributed by atoms with van der Waals surface area (Å²) in [6.07, 6.45) is 1.45. The van der Waals surface area contributed by atoms with E-state index >= 15 is 0 Å². The average Bonchev–Trinajstić information content (AvgIpc) is 2.67. The van der Waals surface area contributed by atoms with Crippen molar-refractivity contribution in [2.24, 2.45) is 7.05 Å². The fourth-order valence-corrected chi connectivity index (χ4v) is 1.64. The second-order valence-electron chi connectivity index (χ2n) is 3.53. The zero-order valence-electron chi connectivity index (χ0n) is 8.94. The Morgan fingerprint density at radius 2 is 2.19 bits per heavy atom. The molecule has 0 unspecified atom stereocenters. The predicted molar refractivity (Wildman–Crippen MR) is 60.6 cm³/mol. The number of rotatable bonds is 2. The molecule has 1 aromatic carbocycles. The predicted octanol–water partition coefficient (Wildman–Crippen LogP) is 2.01. The van der Waals surface area contributed by atoms with Gasteiger partial charge in [0.05, 0.1) is 6.20 Å². The molecule has 1 heterocycles. The molecular weight excluding hydrogens is 226 g/mol. The van der Waals surface area contributed by atoms with Gasteiger partial charge in [-0.15, -0.1) is 5.10 Å². The van der Waals surface area contributed by atoms with E-state index in [0.29, 0.717) is 16.3 Å². The molecule has 82 valence electrons. The van der Waals surface area contributed by atoms with Crippen molar-refractivity contribution in [1.82, 2.24) is 15.0 Å². The SMILES string of the molecule is Cc1ccc(Cl)cc1C(=O)c1cnnn1C. The van der Waals surface area contributed by atoms with Crippen molar-refractivity contribution in [1.29, 1.82) is 0 Å². The topological polar surface area (TPSA) is 47.8 Å². The van der Waals surface area contributed by atoms with Crippen molar-refractivity contribution in [3.8, 4) is 0 Å². The smallest absolute Gasteiger partial charge is 0.212 e. The number of benzene rings is 1. The van der Waals surface area contributed by atoms with E-state index < -0.39 is 0 Å². The molecule has 0 aliphatic rings. The summed E-state index contributed by atoms with van der Waals surface area (Å²) in [4.78, 5) is 12.1. The lowest BCUT2D eigenvalue weighted by molar-refractivity contribution is 0.102. The highest BCUT2D eigenvalue weighted by molar-refractivity contribution is 6.31. The van der Waals surface area contributed by atoms with E-state index in [1.807, 2.05) is 13.0 Å². The number of halogens is 1. The first kappa shape index (κ1) is 10.8. The number of ketones is 1. The lowest BCUT2D eigenvalue weighted by atomic mass is 10.0. The van der Waals surface area contributed by atoms with Crippen LogP contribution in [0.5, 0.6) is 0 Å². The Morgan fingerprint density at radius 1 is 1.44 bits per heavy atom. The third-order valence-electron chi connectivity index (χ3n) is 2.39. The fourth-order valence-electron chi connectivity index (χ4n) is 1.47. The van der Waals surface area contributed by atoms with Crippen LogP contribution < -0.4 is 0 Å². The molecule has 16 heavy (non-hydrogen) atoms. The van der Waals surface area contributed by atoms with Gasteiger partial charge in [-0.25, -0.2) is 4.68 Å². The molecule has 0 saturated heterocycles. The van der Waals surface area contributed by atoms with Crippen molar-refractivity contribution in [3.05, 3.63) is 46.2 Å². The number of carbonyl (C=O) groups excluding carboxylic acids is 1. The van der Waals surface area contributed by atoms with Gasteiger partial charge in [-0.05, 0) is 24.6 Å². The van der Waals surface area contributed by atoms with Crippen LogP contribution in [0.15, 0.2) is 24.4 Å². The van der Waals surface area contributed by atoms with Crippen LogP contribution in [0.25, 0.3) is 0 Å². The van der Waals surface area contributed by atoms with E-state index in [2.05, 4.69) is 10.3 Å². The zero-order valence-corrected chi connectivity index (χ0v) is 9.69. The van der Waals surface area contributed by atoms with Gasteiger partial charge in [-0.3, -0.25) is 4.79 Å². The molecule has 1 aromatic heterocycles. The van der Waals surface area contributed by atoms with Crippen LogP contribution >= 0.6 is 11.6 Å². The maximum absolute atomic E-state index is 12.1. The summed E-state index contributed by atoms with van der Waals surface area (Å²) < 4.78 is 1.45. The molecule has 5 heteroatoms. The van der Waals surface area contributed by atoms with E-state index in [0.717, 1.165) is 5.56 Å². The number of aromatic nitrogens is 3. The molecule has 4 nitrogen and oxygen atoms in total. The van der Waals surface area contributed by atoms with Gasteiger partial charge in [0.1, 0.15) is 5.69 Å². The average molecular weight is 236 g/mol. The second-order valence-corrected chi connectivity index (χ2v) is 3.97. The molecule has 0 fully saturated rings. The molecular formula is C11H10ClN3O. The Kier molecular flexibility index (Phi) is 2.75. The summed E-state index contributed by atoms with van der Waals surface area (Å²) >= 11 is 5.87. The maximum atomic E-state index is 12.1. The summed E-state index contributed by atoms with van der Waals surface area (Å²) in [5, 5.41) is 7.95. The van der Waals surface area contributed by atoms with Gasteiger partial charge in [-0.2, -0.15) is 0 Å². The van der Waals surface area contributed by atoms with Gasteiger partial charge in [0, 0.05) is 17.6 Å². The molecule has 0 atom stereocenters. The normalized spacial score (nSPS) is 10.4. The van der Waals surface area contributed by atoms with Crippen molar-refractivity contribution in [3.63, 3.8) is 0 Å². The van der Waals surface area contributed by atoms with Crippen LogP contribution in [0.1, 0.15) is 21.6 Å². The van der Waals surface area contributed by atoms with E-state index in [1.54, 1.807) is 19.2 Å². The van der Waals surface area contributed by atoms with E-state index in [-0.39, 0.29) is 5.78 Å². The highest BCUT2D eigenvalue weighted by Crippen LogP contribution is 2.18. The van der Waals surface area contributed by atoms with Crippen molar-refractivity contribution < 1.29 is 4.79 Å². The molecule has 0 spiro atoms. The lowest BCUT2D eigenvalue weighted by Crippen LogP contribution is -2.09. The minimum atomic E-state index is -0.118. The lowest BCUT2D eigenvalue weighted by Gasteiger charge is -2.04.